The first-order chi connectivity index (χ1) is 9.11. The van der Waals surface area contributed by atoms with Gasteiger partial charge in [0.25, 0.3) is 0 Å². The second-order valence-electron chi connectivity index (χ2n) is 5.35. The smallest absolute Gasteiger partial charge is 0.223 e. The van der Waals surface area contributed by atoms with Gasteiger partial charge in [0.2, 0.25) is 5.91 Å². The number of rotatable bonds is 6. The first-order valence-electron chi connectivity index (χ1n) is 7.02. The van der Waals surface area contributed by atoms with Crippen molar-refractivity contribution in [3.05, 3.63) is 35.4 Å². The molecule has 1 unspecified atom stereocenters. The van der Waals surface area contributed by atoms with Gasteiger partial charge in [-0.15, -0.1) is 0 Å². The second-order valence-corrected chi connectivity index (χ2v) is 5.35. The van der Waals surface area contributed by atoms with Crippen LogP contribution in [-0.2, 0) is 4.79 Å². The van der Waals surface area contributed by atoms with Crippen LogP contribution in [-0.4, -0.2) is 18.2 Å². The van der Waals surface area contributed by atoms with Crippen molar-refractivity contribution in [2.45, 2.75) is 39.0 Å². The molecule has 0 bridgehead atoms. The van der Waals surface area contributed by atoms with Crippen LogP contribution in [0, 0.1) is 5.92 Å². The quantitative estimate of drug-likeness (QED) is 0.798. The number of Topliss-reactive ketones (excluding diaryl/α,β-unsaturated/α-hetero) is 1. The number of carbonyl (C=O) groups is 2. The first-order valence-corrected chi connectivity index (χ1v) is 7.02. The number of carbonyl (C=O) groups excluding carboxylic acids is 2. The van der Waals surface area contributed by atoms with Gasteiger partial charge in [0, 0.05) is 11.5 Å². The molecule has 1 aromatic carbocycles. The van der Waals surface area contributed by atoms with Crippen LogP contribution in [0.5, 0.6) is 0 Å². The molecule has 19 heavy (non-hydrogen) atoms. The van der Waals surface area contributed by atoms with Gasteiger partial charge in [0.15, 0.2) is 5.78 Å². The van der Waals surface area contributed by atoms with Crippen LogP contribution in [0.1, 0.15) is 54.9 Å². The highest BCUT2D eigenvalue weighted by molar-refractivity contribution is 5.99. The van der Waals surface area contributed by atoms with Gasteiger partial charge < -0.3 is 5.32 Å². The lowest BCUT2D eigenvalue weighted by atomic mass is 9.97. The Morgan fingerprint density at radius 3 is 2.42 bits per heavy atom. The molecule has 0 heterocycles. The molecule has 2 rings (SSSR count). The van der Waals surface area contributed by atoms with Crippen molar-refractivity contribution in [1.29, 1.82) is 0 Å². The molecule has 1 N–H and O–H groups in total. The topological polar surface area (TPSA) is 46.2 Å². The number of hydrogen-bond acceptors (Lipinski definition) is 2. The summed E-state index contributed by atoms with van der Waals surface area (Å²) in [5.41, 5.74) is 1.92. The fraction of sp³-hybridized carbons (Fsp3) is 0.500. The molecule has 1 aliphatic rings. The van der Waals surface area contributed by atoms with E-state index in [0.29, 0.717) is 11.5 Å². The highest BCUT2D eigenvalue weighted by atomic mass is 16.2. The van der Waals surface area contributed by atoms with Crippen LogP contribution in [0.15, 0.2) is 24.3 Å². The van der Waals surface area contributed by atoms with E-state index in [1.807, 2.05) is 24.3 Å². The number of hydrogen-bond donors (Lipinski definition) is 1. The van der Waals surface area contributed by atoms with E-state index in [4.69, 9.17) is 0 Å². The van der Waals surface area contributed by atoms with Crippen molar-refractivity contribution in [2.75, 3.05) is 6.54 Å². The zero-order valence-corrected chi connectivity index (χ0v) is 11.6. The Morgan fingerprint density at radius 1 is 1.26 bits per heavy atom. The number of nitrogens with one attached hydrogen (secondary N) is 1. The third-order valence-corrected chi connectivity index (χ3v) is 3.79. The molecule has 1 saturated carbocycles. The summed E-state index contributed by atoms with van der Waals surface area (Å²) in [4.78, 5) is 23.4. The van der Waals surface area contributed by atoms with Gasteiger partial charge in [-0.1, -0.05) is 38.1 Å². The van der Waals surface area contributed by atoms with Crippen LogP contribution in [0.4, 0.5) is 0 Å². The van der Waals surface area contributed by atoms with E-state index < -0.39 is 0 Å². The van der Waals surface area contributed by atoms with Crippen molar-refractivity contribution >= 4 is 11.7 Å². The standard InChI is InChI=1S/C16H21NO2/c1-3-11(2)12-4-6-13(7-5-12)15(18)10-17-16(19)14-8-9-14/h4-7,11,14H,3,8-10H2,1-2H3,(H,17,19). The minimum Gasteiger partial charge on any atom is -0.348 e. The Labute approximate surface area is 114 Å². The maximum atomic E-state index is 11.9. The van der Waals surface area contributed by atoms with Crippen LogP contribution >= 0.6 is 0 Å². The van der Waals surface area contributed by atoms with Crippen molar-refractivity contribution in [1.82, 2.24) is 5.32 Å². The lowest BCUT2D eigenvalue weighted by Crippen LogP contribution is -2.30. The minimum absolute atomic E-state index is 0.0181. The van der Waals surface area contributed by atoms with Gasteiger partial charge >= 0.3 is 0 Å². The van der Waals surface area contributed by atoms with Gasteiger partial charge in [-0.25, -0.2) is 0 Å². The monoisotopic (exact) mass is 259 g/mol. The third-order valence-electron chi connectivity index (χ3n) is 3.79. The molecule has 1 fully saturated rings. The Hall–Kier alpha value is -1.64. The number of benzene rings is 1. The molecule has 0 aliphatic heterocycles. The Balaban J connectivity index is 1.89. The predicted molar refractivity (Wildman–Crippen MR) is 75.2 cm³/mol. The summed E-state index contributed by atoms with van der Waals surface area (Å²) in [6.07, 6.45) is 3.01. The van der Waals surface area contributed by atoms with Gasteiger partial charge in [0.1, 0.15) is 0 Å². The van der Waals surface area contributed by atoms with E-state index in [1.54, 1.807) is 0 Å². The molecule has 1 aliphatic carbocycles. The highest BCUT2D eigenvalue weighted by Gasteiger charge is 2.29. The molecule has 0 saturated heterocycles. The predicted octanol–water partition coefficient (Wildman–Crippen LogP) is 2.91. The van der Waals surface area contributed by atoms with Gasteiger partial charge in [-0.05, 0) is 30.7 Å². The fourth-order valence-electron chi connectivity index (χ4n) is 1.99. The third kappa shape index (κ3) is 3.66. The molecule has 1 atom stereocenters. The summed E-state index contributed by atoms with van der Waals surface area (Å²) >= 11 is 0. The van der Waals surface area contributed by atoms with Crippen molar-refractivity contribution < 1.29 is 9.59 Å². The summed E-state index contributed by atoms with van der Waals surface area (Å²) in [5, 5.41) is 2.70. The molecular weight excluding hydrogens is 238 g/mol. The van der Waals surface area contributed by atoms with E-state index in [-0.39, 0.29) is 24.2 Å². The molecule has 0 radical (unpaired) electrons. The molecule has 3 nitrogen and oxygen atoms in total. The summed E-state index contributed by atoms with van der Waals surface area (Å²) < 4.78 is 0. The van der Waals surface area contributed by atoms with E-state index >= 15 is 0 Å². The lowest BCUT2D eigenvalue weighted by Gasteiger charge is -2.09. The van der Waals surface area contributed by atoms with Crippen molar-refractivity contribution in [3.8, 4) is 0 Å². The largest absolute Gasteiger partial charge is 0.348 e. The van der Waals surface area contributed by atoms with Crippen molar-refractivity contribution in [3.63, 3.8) is 0 Å². The maximum Gasteiger partial charge on any atom is 0.223 e. The van der Waals surface area contributed by atoms with Crippen LogP contribution in [0.2, 0.25) is 0 Å². The maximum absolute atomic E-state index is 11.9. The van der Waals surface area contributed by atoms with Crippen LogP contribution in [0.25, 0.3) is 0 Å². The fourth-order valence-corrected chi connectivity index (χ4v) is 1.99. The Kier molecular flexibility index (Phi) is 4.35. The van der Waals surface area contributed by atoms with E-state index in [9.17, 15) is 9.59 Å². The molecule has 1 amide bonds. The molecule has 102 valence electrons. The molecule has 3 heteroatoms. The summed E-state index contributed by atoms with van der Waals surface area (Å²) in [6.45, 7) is 4.43. The van der Waals surface area contributed by atoms with Gasteiger partial charge in [0.05, 0.1) is 6.54 Å². The first kappa shape index (κ1) is 13.8. The molecular formula is C16H21NO2. The Bertz CT molecular complexity index is 460. The average Bonchev–Trinajstić information content (AvgIpc) is 3.28. The SMILES string of the molecule is CCC(C)c1ccc(C(=O)CNC(=O)C2CC2)cc1. The number of amides is 1. The summed E-state index contributed by atoms with van der Waals surface area (Å²) in [5.74, 6) is 0.661. The van der Waals surface area contributed by atoms with Crippen molar-refractivity contribution in [2.24, 2.45) is 5.92 Å². The average molecular weight is 259 g/mol. The van der Waals surface area contributed by atoms with Crippen LogP contribution < -0.4 is 5.32 Å². The number of ketones is 1. The molecule has 1 aromatic rings. The lowest BCUT2D eigenvalue weighted by molar-refractivity contribution is -0.122. The normalized spacial score (nSPS) is 15.9. The summed E-state index contributed by atoms with van der Waals surface area (Å²) in [6, 6.07) is 7.72. The zero-order chi connectivity index (χ0) is 13.8. The Morgan fingerprint density at radius 2 is 1.89 bits per heavy atom. The zero-order valence-electron chi connectivity index (χ0n) is 11.6. The molecule has 0 spiro atoms. The van der Waals surface area contributed by atoms with E-state index in [1.165, 1.54) is 5.56 Å². The van der Waals surface area contributed by atoms with E-state index in [2.05, 4.69) is 19.2 Å². The highest BCUT2D eigenvalue weighted by Crippen LogP contribution is 2.28. The minimum atomic E-state index is -0.0234. The summed E-state index contributed by atoms with van der Waals surface area (Å²) in [7, 11) is 0. The second kappa shape index (κ2) is 6.00. The molecule has 0 aromatic heterocycles. The van der Waals surface area contributed by atoms with E-state index in [0.717, 1.165) is 19.3 Å². The van der Waals surface area contributed by atoms with Crippen LogP contribution in [0.3, 0.4) is 0 Å². The van der Waals surface area contributed by atoms with Gasteiger partial charge in [-0.2, -0.15) is 0 Å². The van der Waals surface area contributed by atoms with Gasteiger partial charge in [-0.3, -0.25) is 9.59 Å².